The Balaban J connectivity index is 1.44. The molecule has 3 fully saturated rings. The summed E-state index contributed by atoms with van der Waals surface area (Å²) >= 11 is 5.86. The van der Waals surface area contributed by atoms with Crippen LogP contribution in [0.4, 0.5) is 23.8 Å². The zero-order valence-corrected chi connectivity index (χ0v) is 18.5. The number of carbonyl (C=O) groups is 1. The Morgan fingerprint density at radius 1 is 1.22 bits per heavy atom. The van der Waals surface area contributed by atoms with E-state index in [0.717, 1.165) is 25.7 Å². The zero-order chi connectivity index (χ0) is 23.0. The normalized spacial score (nSPS) is 26.2. The minimum Gasteiger partial charge on any atom is -0.450 e. The molecule has 0 spiro atoms. The van der Waals surface area contributed by atoms with Gasteiger partial charge in [0.05, 0.1) is 12.2 Å². The molecule has 1 aromatic heterocycles. The molecule has 3 aliphatic heterocycles. The van der Waals surface area contributed by atoms with Gasteiger partial charge in [0.2, 0.25) is 0 Å². The van der Waals surface area contributed by atoms with Crippen LogP contribution >= 0.6 is 11.6 Å². The van der Waals surface area contributed by atoms with Crippen LogP contribution in [0.5, 0.6) is 0 Å². The third-order valence-electron chi connectivity index (χ3n) is 6.70. The van der Waals surface area contributed by atoms with Crippen molar-refractivity contribution < 1.29 is 22.7 Å². The molecule has 3 aliphatic rings. The lowest BCUT2D eigenvalue weighted by atomic mass is 9.95. The van der Waals surface area contributed by atoms with Crippen LogP contribution in [0.15, 0.2) is 6.07 Å². The van der Waals surface area contributed by atoms with Crippen LogP contribution in [0.2, 0.25) is 5.15 Å². The highest BCUT2D eigenvalue weighted by molar-refractivity contribution is 6.29. The van der Waals surface area contributed by atoms with Crippen molar-refractivity contribution in [3.05, 3.63) is 22.3 Å². The number of nitrogens with zero attached hydrogens (tertiary/aromatic N) is 5. The number of fused-ring (bicyclic) bond motifs is 2. The molecule has 4 rings (SSSR count). The lowest BCUT2D eigenvalue weighted by Gasteiger charge is -2.45. The molecule has 1 amide bonds. The number of pyridine rings is 1. The molecule has 0 N–H and O–H groups in total. The summed E-state index contributed by atoms with van der Waals surface area (Å²) in [6.45, 7) is 4.35. The van der Waals surface area contributed by atoms with Gasteiger partial charge < -0.3 is 14.5 Å². The largest absolute Gasteiger partial charge is 0.450 e. The van der Waals surface area contributed by atoms with Crippen molar-refractivity contribution in [3.8, 4) is 6.07 Å². The second kappa shape index (κ2) is 8.94. The molecule has 32 heavy (non-hydrogen) atoms. The first-order chi connectivity index (χ1) is 15.2. The number of piperazine rings is 1. The molecular formula is C21H25ClF3N5O2. The van der Waals surface area contributed by atoms with Crippen LogP contribution in [0.3, 0.4) is 0 Å². The number of piperidine rings is 1. The van der Waals surface area contributed by atoms with Gasteiger partial charge in [-0.05, 0) is 38.7 Å². The second-order valence-electron chi connectivity index (χ2n) is 8.44. The Morgan fingerprint density at radius 3 is 2.38 bits per heavy atom. The van der Waals surface area contributed by atoms with Gasteiger partial charge in [-0.1, -0.05) is 11.6 Å². The van der Waals surface area contributed by atoms with Crippen molar-refractivity contribution in [2.45, 2.75) is 56.9 Å². The molecule has 2 bridgehead atoms. The molecule has 3 saturated heterocycles. The molecule has 11 heteroatoms. The van der Waals surface area contributed by atoms with E-state index in [1.807, 2.05) is 4.90 Å². The smallest absolute Gasteiger partial charge is 0.417 e. The van der Waals surface area contributed by atoms with E-state index in [4.69, 9.17) is 16.3 Å². The fourth-order valence-corrected chi connectivity index (χ4v) is 5.49. The van der Waals surface area contributed by atoms with Gasteiger partial charge in [0.1, 0.15) is 22.6 Å². The fourth-order valence-electron chi connectivity index (χ4n) is 5.31. The minimum atomic E-state index is -4.68. The SMILES string of the molecule is CCOC(=O)N1C2CCC1CC(N1CCN(c3nc(Cl)cc(C(F)(F)F)c3C#N)CC1)C2. The van der Waals surface area contributed by atoms with E-state index < -0.39 is 17.3 Å². The maximum Gasteiger partial charge on any atom is 0.417 e. The van der Waals surface area contributed by atoms with Crippen LogP contribution in [0.25, 0.3) is 0 Å². The van der Waals surface area contributed by atoms with Crippen molar-refractivity contribution in [2.75, 3.05) is 37.7 Å². The van der Waals surface area contributed by atoms with Crippen molar-refractivity contribution in [2.24, 2.45) is 0 Å². The van der Waals surface area contributed by atoms with Crippen molar-refractivity contribution in [1.29, 1.82) is 5.26 Å². The van der Waals surface area contributed by atoms with Gasteiger partial charge >= 0.3 is 12.3 Å². The number of alkyl halides is 3. The van der Waals surface area contributed by atoms with Gasteiger partial charge in [0.25, 0.3) is 0 Å². The van der Waals surface area contributed by atoms with Crippen LogP contribution in [0.1, 0.15) is 43.7 Å². The number of aromatic nitrogens is 1. The first kappa shape index (κ1) is 22.9. The highest BCUT2D eigenvalue weighted by Crippen LogP contribution is 2.39. The molecule has 2 unspecified atom stereocenters. The van der Waals surface area contributed by atoms with E-state index in [-0.39, 0.29) is 29.1 Å². The Hall–Kier alpha value is -2.25. The lowest BCUT2D eigenvalue weighted by Crippen LogP contribution is -2.57. The predicted octanol–water partition coefficient (Wildman–Crippen LogP) is 3.90. The Bertz CT molecular complexity index is 900. The van der Waals surface area contributed by atoms with E-state index >= 15 is 0 Å². The topological polar surface area (TPSA) is 72.7 Å². The van der Waals surface area contributed by atoms with Crippen molar-refractivity contribution in [3.63, 3.8) is 0 Å². The molecule has 1 aromatic rings. The number of hydrogen-bond acceptors (Lipinski definition) is 6. The van der Waals surface area contributed by atoms with Gasteiger partial charge in [-0.3, -0.25) is 4.90 Å². The second-order valence-corrected chi connectivity index (χ2v) is 8.83. The van der Waals surface area contributed by atoms with E-state index in [9.17, 15) is 23.2 Å². The molecule has 174 valence electrons. The fraction of sp³-hybridized carbons (Fsp3) is 0.667. The Labute approximate surface area is 189 Å². The Morgan fingerprint density at radius 2 is 1.84 bits per heavy atom. The van der Waals surface area contributed by atoms with E-state index in [1.54, 1.807) is 17.9 Å². The maximum atomic E-state index is 13.4. The number of ether oxygens (including phenoxy) is 1. The van der Waals surface area contributed by atoms with Gasteiger partial charge in [-0.2, -0.15) is 18.4 Å². The highest BCUT2D eigenvalue weighted by Gasteiger charge is 2.46. The van der Waals surface area contributed by atoms with Crippen molar-refractivity contribution >= 4 is 23.5 Å². The summed E-state index contributed by atoms with van der Waals surface area (Å²) in [6.07, 6.45) is -1.24. The number of anilines is 1. The summed E-state index contributed by atoms with van der Waals surface area (Å²) in [6, 6.07) is 3.03. The number of nitriles is 1. The highest BCUT2D eigenvalue weighted by atomic mass is 35.5. The van der Waals surface area contributed by atoms with E-state index in [1.165, 1.54) is 0 Å². The number of amides is 1. The quantitative estimate of drug-likeness (QED) is 0.623. The van der Waals surface area contributed by atoms with Gasteiger partial charge in [0, 0.05) is 44.3 Å². The molecule has 0 aromatic carbocycles. The number of halogens is 4. The van der Waals surface area contributed by atoms with E-state index in [0.29, 0.717) is 44.9 Å². The predicted molar refractivity (Wildman–Crippen MR) is 111 cm³/mol. The van der Waals surface area contributed by atoms with Gasteiger partial charge in [-0.25, -0.2) is 9.78 Å². The number of hydrogen-bond donors (Lipinski definition) is 0. The summed E-state index contributed by atoms with van der Waals surface area (Å²) in [5.74, 6) is -0.0100. The maximum absolute atomic E-state index is 13.4. The third kappa shape index (κ3) is 4.33. The number of rotatable bonds is 3. The molecule has 0 radical (unpaired) electrons. The molecule has 0 aliphatic carbocycles. The third-order valence-corrected chi connectivity index (χ3v) is 6.90. The van der Waals surface area contributed by atoms with E-state index in [2.05, 4.69) is 9.88 Å². The van der Waals surface area contributed by atoms with Crippen molar-refractivity contribution in [1.82, 2.24) is 14.8 Å². The lowest BCUT2D eigenvalue weighted by molar-refractivity contribution is -0.137. The Kier molecular flexibility index (Phi) is 6.41. The molecular weight excluding hydrogens is 447 g/mol. The summed E-state index contributed by atoms with van der Waals surface area (Å²) in [5, 5.41) is 9.12. The van der Waals surface area contributed by atoms with Crippen LogP contribution in [0, 0.1) is 11.3 Å². The summed E-state index contributed by atoms with van der Waals surface area (Å²) in [7, 11) is 0. The summed E-state index contributed by atoms with van der Waals surface area (Å²) < 4.78 is 45.4. The van der Waals surface area contributed by atoms with Crippen LogP contribution < -0.4 is 4.90 Å². The summed E-state index contributed by atoms with van der Waals surface area (Å²) in [5.41, 5.74) is -1.54. The average Bonchev–Trinajstić information content (AvgIpc) is 3.02. The van der Waals surface area contributed by atoms with Gasteiger partial charge in [0.15, 0.2) is 0 Å². The minimum absolute atomic E-state index is 0.0100. The summed E-state index contributed by atoms with van der Waals surface area (Å²) in [4.78, 5) is 22.3. The zero-order valence-electron chi connectivity index (χ0n) is 17.7. The van der Waals surface area contributed by atoms with Gasteiger partial charge in [-0.15, -0.1) is 0 Å². The standard InChI is InChI=1S/C21H25ClF3N5O2/c1-2-32-20(31)30-13-3-4-14(30)10-15(9-13)28-5-7-29(8-6-28)19-16(12-26)17(21(23,24)25)11-18(22)27-19/h11,13-15H,2-10H2,1H3. The number of carbonyl (C=O) groups excluding carboxylic acids is 1. The molecule has 2 atom stereocenters. The van der Waals surface area contributed by atoms with Crippen LogP contribution in [-0.4, -0.2) is 71.8 Å². The average molecular weight is 472 g/mol. The monoisotopic (exact) mass is 471 g/mol. The molecule has 7 nitrogen and oxygen atoms in total. The molecule has 4 heterocycles. The molecule has 0 saturated carbocycles. The first-order valence-corrected chi connectivity index (χ1v) is 11.2. The first-order valence-electron chi connectivity index (χ1n) is 10.8. The van der Waals surface area contributed by atoms with Crippen LogP contribution in [-0.2, 0) is 10.9 Å².